The number of nitrogens with zero attached hydrogens (tertiary/aromatic N) is 2. The minimum atomic E-state index is 0.0615. The Morgan fingerprint density at radius 1 is 1.15 bits per heavy atom. The highest BCUT2D eigenvalue weighted by atomic mass is 32.2. The van der Waals surface area contributed by atoms with E-state index in [1.54, 1.807) is 17.4 Å². The summed E-state index contributed by atoms with van der Waals surface area (Å²) in [6.07, 6.45) is 3.46. The first-order valence-electron chi connectivity index (χ1n) is 6.15. The predicted molar refractivity (Wildman–Crippen MR) is 85.4 cm³/mol. The normalized spacial score (nSPS) is 17.5. The van der Waals surface area contributed by atoms with Crippen molar-refractivity contribution in [1.29, 1.82) is 0 Å². The van der Waals surface area contributed by atoms with Gasteiger partial charge in [-0.05, 0) is 49.3 Å². The van der Waals surface area contributed by atoms with E-state index in [1.165, 1.54) is 11.9 Å². The summed E-state index contributed by atoms with van der Waals surface area (Å²) in [7, 11) is 0. The molecule has 1 aliphatic carbocycles. The SMILES string of the molecule is CC1=CC(=NSc2nc3ccccc3s2)C(C)=CC1=O. The van der Waals surface area contributed by atoms with Gasteiger partial charge in [-0.1, -0.05) is 12.1 Å². The number of para-hydroxylation sites is 1. The lowest BCUT2D eigenvalue weighted by Gasteiger charge is -2.08. The van der Waals surface area contributed by atoms with E-state index in [-0.39, 0.29) is 5.78 Å². The molecule has 0 saturated carbocycles. The number of allylic oxidation sites excluding steroid dienone is 4. The van der Waals surface area contributed by atoms with Gasteiger partial charge in [0.1, 0.15) is 0 Å². The first-order chi connectivity index (χ1) is 9.63. The Labute approximate surface area is 125 Å². The number of hydrogen-bond donors (Lipinski definition) is 0. The van der Waals surface area contributed by atoms with Crippen molar-refractivity contribution >= 4 is 45.0 Å². The Kier molecular flexibility index (Phi) is 3.54. The zero-order chi connectivity index (χ0) is 14.1. The molecular formula is C15H12N2OS2. The Balaban J connectivity index is 1.86. The second-order valence-electron chi connectivity index (χ2n) is 4.53. The van der Waals surface area contributed by atoms with Gasteiger partial charge in [0, 0.05) is 11.9 Å². The number of thiazole rings is 1. The number of benzene rings is 1. The molecule has 0 saturated heterocycles. The molecule has 0 spiro atoms. The van der Waals surface area contributed by atoms with Crippen LogP contribution in [-0.4, -0.2) is 16.5 Å². The highest BCUT2D eigenvalue weighted by Crippen LogP contribution is 2.30. The minimum Gasteiger partial charge on any atom is -0.290 e. The van der Waals surface area contributed by atoms with Gasteiger partial charge in [0.2, 0.25) is 0 Å². The van der Waals surface area contributed by atoms with Crippen LogP contribution in [0.25, 0.3) is 10.2 Å². The first-order valence-corrected chi connectivity index (χ1v) is 7.74. The lowest BCUT2D eigenvalue weighted by Crippen LogP contribution is -2.09. The molecule has 3 nitrogen and oxygen atoms in total. The van der Waals surface area contributed by atoms with E-state index in [0.29, 0.717) is 0 Å². The molecule has 1 aromatic heterocycles. The van der Waals surface area contributed by atoms with E-state index in [1.807, 2.05) is 38.1 Å². The minimum absolute atomic E-state index is 0.0615. The molecule has 0 radical (unpaired) electrons. The second kappa shape index (κ2) is 5.34. The number of ketones is 1. The van der Waals surface area contributed by atoms with E-state index in [2.05, 4.69) is 15.4 Å². The maximum Gasteiger partial charge on any atom is 0.181 e. The van der Waals surface area contributed by atoms with E-state index in [9.17, 15) is 4.79 Å². The van der Waals surface area contributed by atoms with Crippen molar-refractivity contribution in [1.82, 2.24) is 4.98 Å². The Bertz CT molecular complexity index is 751. The van der Waals surface area contributed by atoms with Gasteiger partial charge >= 0.3 is 0 Å². The van der Waals surface area contributed by atoms with E-state index in [4.69, 9.17) is 0 Å². The van der Waals surface area contributed by atoms with Crippen LogP contribution in [0.5, 0.6) is 0 Å². The maximum atomic E-state index is 11.5. The summed E-state index contributed by atoms with van der Waals surface area (Å²) in [4.78, 5) is 16.0. The second-order valence-corrected chi connectivity index (χ2v) is 6.58. The average Bonchev–Trinajstić information content (AvgIpc) is 2.84. The topological polar surface area (TPSA) is 42.3 Å². The molecule has 3 rings (SSSR count). The van der Waals surface area contributed by atoms with Crippen LogP contribution < -0.4 is 0 Å². The van der Waals surface area contributed by atoms with Gasteiger partial charge in [-0.15, -0.1) is 11.3 Å². The summed E-state index contributed by atoms with van der Waals surface area (Å²) in [6, 6.07) is 8.04. The molecule has 0 aliphatic heterocycles. The summed E-state index contributed by atoms with van der Waals surface area (Å²) < 4.78 is 6.57. The van der Waals surface area contributed by atoms with E-state index in [0.717, 1.165) is 31.4 Å². The van der Waals surface area contributed by atoms with Crippen molar-refractivity contribution in [3.05, 3.63) is 47.6 Å². The molecule has 1 heterocycles. The molecule has 1 aliphatic rings. The third kappa shape index (κ3) is 2.59. The molecule has 2 aromatic rings. The summed E-state index contributed by atoms with van der Waals surface area (Å²) >= 11 is 2.98. The van der Waals surface area contributed by atoms with Crippen LogP contribution >= 0.6 is 23.3 Å². The Hall–Kier alpha value is -1.72. The summed E-state index contributed by atoms with van der Waals surface area (Å²) in [5.41, 5.74) is 3.46. The van der Waals surface area contributed by atoms with Crippen molar-refractivity contribution in [2.45, 2.75) is 18.2 Å². The molecular weight excluding hydrogens is 288 g/mol. The van der Waals surface area contributed by atoms with Crippen LogP contribution in [-0.2, 0) is 4.79 Å². The predicted octanol–water partition coefficient (Wildman–Crippen LogP) is 4.22. The fraction of sp³-hybridized carbons (Fsp3) is 0.133. The Morgan fingerprint density at radius 2 is 1.95 bits per heavy atom. The molecule has 100 valence electrons. The smallest absolute Gasteiger partial charge is 0.181 e. The summed E-state index contributed by atoms with van der Waals surface area (Å²) in [5, 5.41) is 0. The highest BCUT2D eigenvalue weighted by Gasteiger charge is 2.13. The summed E-state index contributed by atoms with van der Waals surface area (Å²) in [6.45, 7) is 3.71. The summed E-state index contributed by atoms with van der Waals surface area (Å²) in [5.74, 6) is 0.0615. The number of carbonyl (C=O) groups is 1. The number of carbonyl (C=O) groups excluding carboxylic acids is 1. The van der Waals surface area contributed by atoms with Crippen LogP contribution in [0.1, 0.15) is 13.8 Å². The molecule has 0 bridgehead atoms. The zero-order valence-electron chi connectivity index (χ0n) is 11.1. The van der Waals surface area contributed by atoms with Crippen molar-refractivity contribution < 1.29 is 4.79 Å². The molecule has 0 fully saturated rings. The number of aromatic nitrogens is 1. The standard InChI is InChI=1S/C15H12N2OS2/c1-9-8-13(18)10(2)7-12(9)17-20-15-16-11-5-3-4-6-14(11)19-15/h3-8H,1-2H3. The first kappa shape index (κ1) is 13.3. The maximum absolute atomic E-state index is 11.5. The monoisotopic (exact) mass is 300 g/mol. The number of hydrogen-bond acceptors (Lipinski definition) is 5. The van der Waals surface area contributed by atoms with Gasteiger partial charge in [-0.3, -0.25) is 4.79 Å². The molecule has 0 atom stereocenters. The van der Waals surface area contributed by atoms with Crippen LogP contribution in [0, 0.1) is 0 Å². The molecule has 0 unspecified atom stereocenters. The van der Waals surface area contributed by atoms with Crippen molar-refractivity contribution in [2.24, 2.45) is 4.40 Å². The third-order valence-corrected chi connectivity index (χ3v) is 4.83. The zero-order valence-corrected chi connectivity index (χ0v) is 12.7. The Morgan fingerprint density at radius 3 is 2.75 bits per heavy atom. The van der Waals surface area contributed by atoms with Crippen LogP contribution in [0.3, 0.4) is 0 Å². The van der Waals surface area contributed by atoms with Crippen molar-refractivity contribution in [3.63, 3.8) is 0 Å². The van der Waals surface area contributed by atoms with Gasteiger partial charge in [0.25, 0.3) is 0 Å². The van der Waals surface area contributed by atoms with Crippen LogP contribution in [0.4, 0.5) is 0 Å². The van der Waals surface area contributed by atoms with Gasteiger partial charge in [-0.25, -0.2) is 9.38 Å². The van der Waals surface area contributed by atoms with E-state index < -0.39 is 0 Å². The highest BCUT2D eigenvalue weighted by molar-refractivity contribution is 8.00. The number of fused-ring (bicyclic) bond motifs is 1. The lowest BCUT2D eigenvalue weighted by molar-refractivity contribution is -0.111. The third-order valence-electron chi connectivity index (χ3n) is 2.99. The molecule has 1 aromatic carbocycles. The van der Waals surface area contributed by atoms with E-state index >= 15 is 0 Å². The average molecular weight is 300 g/mol. The quantitative estimate of drug-likeness (QED) is 0.616. The molecule has 0 N–H and O–H groups in total. The van der Waals surface area contributed by atoms with Crippen molar-refractivity contribution in [2.75, 3.05) is 0 Å². The van der Waals surface area contributed by atoms with Gasteiger partial charge in [0.15, 0.2) is 10.1 Å². The van der Waals surface area contributed by atoms with Gasteiger partial charge in [-0.2, -0.15) is 0 Å². The number of rotatable bonds is 2. The lowest BCUT2D eigenvalue weighted by atomic mass is 9.99. The van der Waals surface area contributed by atoms with Crippen LogP contribution in [0.15, 0.2) is 56.3 Å². The van der Waals surface area contributed by atoms with Gasteiger partial charge < -0.3 is 0 Å². The van der Waals surface area contributed by atoms with Gasteiger partial charge in [0.05, 0.1) is 15.9 Å². The molecule has 0 amide bonds. The molecule has 5 heteroatoms. The largest absolute Gasteiger partial charge is 0.290 e. The molecule has 20 heavy (non-hydrogen) atoms. The van der Waals surface area contributed by atoms with Crippen LogP contribution in [0.2, 0.25) is 0 Å². The fourth-order valence-electron chi connectivity index (χ4n) is 1.85. The van der Waals surface area contributed by atoms with Crippen molar-refractivity contribution in [3.8, 4) is 0 Å². The fourth-order valence-corrected chi connectivity index (χ4v) is 3.59.